The number of phosphoric acid groups is 1. The van der Waals surface area contributed by atoms with Crippen LogP contribution in [0.2, 0.25) is 0 Å². The molecule has 0 aliphatic heterocycles. The van der Waals surface area contributed by atoms with Gasteiger partial charge in [-0.2, -0.15) is 0 Å². The van der Waals surface area contributed by atoms with Gasteiger partial charge in [-0.15, -0.1) is 0 Å². The van der Waals surface area contributed by atoms with Gasteiger partial charge in [0.15, 0.2) is 6.10 Å². The Morgan fingerprint density at radius 1 is 0.660 bits per heavy atom. The molecule has 0 rings (SSSR count). The van der Waals surface area contributed by atoms with Gasteiger partial charge < -0.3 is 30.3 Å². The van der Waals surface area contributed by atoms with E-state index in [1.165, 1.54) is 64.2 Å². The van der Waals surface area contributed by atoms with E-state index in [0.717, 1.165) is 57.8 Å². The highest BCUT2D eigenvalue weighted by Gasteiger charge is 2.26. The summed E-state index contributed by atoms with van der Waals surface area (Å²) in [7, 11) is -4.41. The number of allylic oxidation sites excluding steroid dienone is 1. The molecular formula is C38H74NO10P. The first kappa shape index (κ1) is 48.7. The van der Waals surface area contributed by atoms with Crippen molar-refractivity contribution in [1.29, 1.82) is 0 Å². The summed E-state index contributed by atoms with van der Waals surface area (Å²) < 4.78 is 32.6. The van der Waals surface area contributed by atoms with Crippen molar-refractivity contribution in [3.05, 3.63) is 12.2 Å². The molecule has 50 heavy (non-hydrogen) atoms. The third-order valence-electron chi connectivity index (χ3n) is 8.60. The van der Waals surface area contributed by atoms with Crippen molar-refractivity contribution in [2.24, 2.45) is 5.73 Å². The third kappa shape index (κ3) is 32.6. The van der Waals surface area contributed by atoms with Gasteiger partial charge in [0.2, 0.25) is 0 Å². The lowest BCUT2D eigenvalue weighted by Crippen LogP contribution is -2.29. The third-order valence-corrected chi connectivity index (χ3v) is 9.59. The first-order chi connectivity index (χ1) is 24.1. The molecule has 0 aromatic heterocycles. The summed E-state index contributed by atoms with van der Waals surface area (Å²) in [5.74, 6) is -0.936. The molecule has 0 saturated heterocycles. The molecule has 0 amide bonds. The van der Waals surface area contributed by atoms with Crippen LogP contribution in [0, 0.1) is 0 Å². The Labute approximate surface area is 304 Å². The molecule has 0 aromatic rings. The number of aliphatic hydroxyl groups excluding tert-OH is 2. The molecular weight excluding hydrogens is 661 g/mol. The van der Waals surface area contributed by atoms with E-state index >= 15 is 0 Å². The first-order valence-corrected chi connectivity index (χ1v) is 21.3. The van der Waals surface area contributed by atoms with Crippen molar-refractivity contribution in [2.75, 3.05) is 26.4 Å². The summed E-state index contributed by atoms with van der Waals surface area (Å²) in [5.41, 5.74) is 5.32. The SMILES string of the molecule is CCCCC/C=C\C[C@H](O)[C@@H](O)CCCCCCCC(=O)O[C@H](COC(=O)CCCCCCCCCCCCCC)COP(=O)(O)OCCN. The Morgan fingerprint density at radius 3 is 1.76 bits per heavy atom. The minimum Gasteiger partial charge on any atom is -0.462 e. The molecule has 0 saturated carbocycles. The minimum absolute atomic E-state index is 0.0302. The van der Waals surface area contributed by atoms with E-state index < -0.39 is 44.7 Å². The lowest BCUT2D eigenvalue weighted by Gasteiger charge is -2.20. The fraction of sp³-hybridized carbons (Fsp3) is 0.895. The van der Waals surface area contributed by atoms with E-state index in [-0.39, 0.29) is 32.6 Å². The fourth-order valence-corrected chi connectivity index (χ4v) is 6.25. The van der Waals surface area contributed by atoms with Crippen LogP contribution >= 0.6 is 7.82 Å². The number of hydrogen-bond acceptors (Lipinski definition) is 10. The highest BCUT2D eigenvalue weighted by molar-refractivity contribution is 7.47. The Kier molecular flexibility index (Phi) is 33.8. The number of nitrogens with two attached hydrogens (primary N) is 1. The molecule has 0 aromatic carbocycles. The molecule has 0 aliphatic carbocycles. The molecule has 296 valence electrons. The summed E-state index contributed by atoms with van der Waals surface area (Å²) in [4.78, 5) is 34.7. The summed E-state index contributed by atoms with van der Waals surface area (Å²) in [6, 6.07) is 0. The van der Waals surface area contributed by atoms with Crippen LogP contribution < -0.4 is 5.73 Å². The standard InChI is InChI=1S/C38H74NO10P/c1-3-5-7-9-11-12-13-14-15-16-20-24-28-37(42)46-32-34(33-48-50(44,45)47-31-30-39)49-38(43)29-25-21-17-19-23-27-36(41)35(40)26-22-18-10-8-6-4-2/h18,22,34-36,40-41H,3-17,19-21,23-33,39H2,1-2H3,(H,44,45)/b22-18-/t34-,35+,36+/m1/s1. The Bertz CT molecular complexity index is 875. The number of esters is 2. The Balaban J connectivity index is 4.32. The highest BCUT2D eigenvalue weighted by Crippen LogP contribution is 2.43. The van der Waals surface area contributed by atoms with Crippen LogP contribution in [0.3, 0.4) is 0 Å². The van der Waals surface area contributed by atoms with E-state index in [0.29, 0.717) is 25.7 Å². The number of ether oxygens (including phenoxy) is 2. The Hall–Kier alpha value is -1.33. The maximum atomic E-state index is 12.5. The van der Waals surface area contributed by atoms with Crippen molar-refractivity contribution >= 4 is 19.8 Å². The van der Waals surface area contributed by atoms with Gasteiger partial charge in [-0.1, -0.05) is 135 Å². The largest absolute Gasteiger partial charge is 0.472 e. The second-order valence-corrected chi connectivity index (χ2v) is 14.9. The van der Waals surface area contributed by atoms with Gasteiger partial charge in [-0.3, -0.25) is 18.6 Å². The lowest BCUT2D eigenvalue weighted by molar-refractivity contribution is -0.161. The fourth-order valence-electron chi connectivity index (χ4n) is 5.48. The van der Waals surface area contributed by atoms with E-state index in [4.69, 9.17) is 24.3 Å². The minimum atomic E-state index is -4.41. The van der Waals surface area contributed by atoms with Crippen LogP contribution in [0.5, 0.6) is 0 Å². The molecule has 0 bridgehead atoms. The maximum Gasteiger partial charge on any atom is 0.472 e. The average Bonchev–Trinajstić information content (AvgIpc) is 3.09. The number of carbonyl (C=O) groups is 2. The summed E-state index contributed by atoms with van der Waals surface area (Å²) >= 11 is 0. The second-order valence-electron chi connectivity index (χ2n) is 13.5. The number of rotatable bonds is 37. The molecule has 0 spiro atoms. The van der Waals surface area contributed by atoms with Gasteiger partial charge in [0.05, 0.1) is 25.4 Å². The van der Waals surface area contributed by atoms with Crippen molar-refractivity contribution in [3.8, 4) is 0 Å². The molecule has 5 N–H and O–H groups in total. The van der Waals surface area contributed by atoms with E-state index in [1.54, 1.807) is 0 Å². The van der Waals surface area contributed by atoms with Crippen LogP contribution in [-0.2, 0) is 32.7 Å². The van der Waals surface area contributed by atoms with Gasteiger partial charge in [0, 0.05) is 19.4 Å². The van der Waals surface area contributed by atoms with E-state index in [9.17, 15) is 29.3 Å². The molecule has 0 aliphatic rings. The van der Waals surface area contributed by atoms with E-state index in [2.05, 4.69) is 19.9 Å². The number of carbonyl (C=O) groups excluding carboxylic acids is 2. The maximum absolute atomic E-state index is 12.5. The monoisotopic (exact) mass is 736 g/mol. The zero-order valence-electron chi connectivity index (χ0n) is 31.6. The summed E-state index contributed by atoms with van der Waals surface area (Å²) in [6.07, 6.45) is 25.5. The number of aliphatic hydroxyl groups is 2. The predicted octanol–water partition coefficient (Wildman–Crippen LogP) is 8.60. The van der Waals surface area contributed by atoms with Gasteiger partial charge in [-0.05, 0) is 38.5 Å². The highest BCUT2D eigenvalue weighted by atomic mass is 31.2. The molecule has 0 fully saturated rings. The van der Waals surface area contributed by atoms with Gasteiger partial charge in [-0.25, -0.2) is 4.57 Å². The smallest absolute Gasteiger partial charge is 0.462 e. The topological polar surface area (TPSA) is 175 Å². The van der Waals surface area contributed by atoms with E-state index in [1.807, 2.05) is 6.08 Å². The zero-order valence-corrected chi connectivity index (χ0v) is 32.5. The van der Waals surface area contributed by atoms with Crippen molar-refractivity contribution in [3.63, 3.8) is 0 Å². The zero-order chi connectivity index (χ0) is 37.1. The first-order valence-electron chi connectivity index (χ1n) is 19.8. The molecule has 0 heterocycles. The van der Waals surface area contributed by atoms with Crippen molar-refractivity contribution in [1.82, 2.24) is 0 Å². The van der Waals surface area contributed by atoms with Crippen LogP contribution in [-0.4, -0.2) is 71.7 Å². The normalized spacial score (nSPS) is 14.8. The van der Waals surface area contributed by atoms with Crippen LogP contribution in [0.15, 0.2) is 12.2 Å². The predicted molar refractivity (Wildman–Crippen MR) is 200 cm³/mol. The molecule has 12 heteroatoms. The molecule has 0 radical (unpaired) electrons. The van der Waals surface area contributed by atoms with Crippen LogP contribution in [0.4, 0.5) is 0 Å². The van der Waals surface area contributed by atoms with Gasteiger partial charge >= 0.3 is 19.8 Å². The lowest BCUT2D eigenvalue weighted by atomic mass is 10.0. The van der Waals surface area contributed by atoms with Gasteiger partial charge in [0.1, 0.15) is 6.61 Å². The number of hydrogen-bond donors (Lipinski definition) is 4. The van der Waals surface area contributed by atoms with Gasteiger partial charge in [0.25, 0.3) is 0 Å². The van der Waals surface area contributed by atoms with Crippen LogP contribution in [0.1, 0.15) is 174 Å². The number of phosphoric ester groups is 1. The Morgan fingerprint density at radius 2 is 1.18 bits per heavy atom. The van der Waals surface area contributed by atoms with Crippen molar-refractivity contribution < 1.29 is 47.8 Å². The summed E-state index contributed by atoms with van der Waals surface area (Å²) in [5, 5.41) is 20.4. The molecule has 4 atom stereocenters. The molecule has 1 unspecified atom stereocenters. The quantitative estimate of drug-likeness (QED) is 0.0208. The average molecular weight is 736 g/mol. The second kappa shape index (κ2) is 34.7. The van der Waals surface area contributed by atoms with Crippen LogP contribution in [0.25, 0.3) is 0 Å². The molecule has 11 nitrogen and oxygen atoms in total. The van der Waals surface area contributed by atoms with Crippen molar-refractivity contribution in [2.45, 2.75) is 193 Å². The summed E-state index contributed by atoms with van der Waals surface area (Å²) in [6.45, 7) is 3.48. The number of unbranched alkanes of at least 4 members (excludes halogenated alkanes) is 18.